The molecule has 1 aliphatic rings. The van der Waals surface area contributed by atoms with E-state index in [1.165, 1.54) is 36.5 Å². The number of thiazole rings is 1. The van der Waals surface area contributed by atoms with Crippen LogP contribution in [0.5, 0.6) is 0 Å². The standard InChI is InChI=1S/C21H25N5OS2/c1-3-15-7-4-8-16(10-15)24-17(27)12-28-20-18-19(22-13-23-20)25-21(29-18)26-9-5-6-14(2)11-26/h4,7-8,10,13-14H,3,5-6,9,11-12H2,1-2H3,(H,24,27)/t14-/m1/s1. The van der Waals surface area contributed by atoms with Crippen molar-refractivity contribution in [3.63, 3.8) is 0 Å². The zero-order valence-electron chi connectivity index (χ0n) is 16.7. The maximum atomic E-state index is 12.4. The van der Waals surface area contributed by atoms with E-state index in [4.69, 9.17) is 4.98 Å². The van der Waals surface area contributed by atoms with Crippen molar-refractivity contribution >= 4 is 50.2 Å². The third-order valence-electron chi connectivity index (χ3n) is 5.03. The molecule has 1 saturated heterocycles. The van der Waals surface area contributed by atoms with E-state index in [-0.39, 0.29) is 5.91 Å². The van der Waals surface area contributed by atoms with Crippen LogP contribution in [-0.2, 0) is 11.2 Å². The van der Waals surface area contributed by atoms with Gasteiger partial charge < -0.3 is 10.2 Å². The number of hydrogen-bond acceptors (Lipinski definition) is 7. The van der Waals surface area contributed by atoms with Gasteiger partial charge in [-0.1, -0.05) is 49.1 Å². The Balaban J connectivity index is 1.44. The first-order chi connectivity index (χ1) is 14.1. The highest BCUT2D eigenvalue weighted by molar-refractivity contribution is 8.00. The molecule has 0 unspecified atom stereocenters. The summed E-state index contributed by atoms with van der Waals surface area (Å²) in [7, 11) is 0. The van der Waals surface area contributed by atoms with Crippen LogP contribution < -0.4 is 10.2 Å². The maximum Gasteiger partial charge on any atom is 0.234 e. The number of aromatic nitrogens is 3. The summed E-state index contributed by atoms with van der Waals surface area (Å²) < 4.78 is 0.964. The van der Waals surface area contributed by atoms with Gasteiger partial charge in [0.1, 0.15) is 16.1 Å². The number of piperidine rings is 1. The number of anilines is 2. The second-order valence-corrected chi connectivity index (χ2v) is 9.35. The van der Waals surface area contributed by atoms with Gasteiger partial charge in [-0.15, -0.1) is 0 Å². The van der Waals surface area contributed by atoms with Gasteiger partial charge in [-0.2, -0.15) is 4.98 Å². The van der Waals surface area contributed by atoms with Crippen molar-refractivity contribution in [1.29, 1.82) is 0 Å². The minimum atomic E-state index is -0.0374. The van der Waals surface area contributed by atoms with Gasteiger partial charge in [-0.3, -0.25) is 4.79 Å². The molecule has 3 aromatic rings. The second kappa shape index (κ2) is 9.09. The van der Waals surface area contributed by atoms with Gasteiger partial charge in [0.25, 0.3) is 0 Å². The van der Waals surface area contributed by atoms with Gasteiger partial charge in [0.2, 0.25) is 5.91 Å². The van der Waals surface area contributed by atoms with E-state index in [2.05, 4.69) is 40.1 Å². The number of rotatable bonds is 6. The number of amides is 1. The number of nitrogens with one attached hydrogen (secondary N) is 1. The maximum absolute atomic E-state index is 12.4. The fourth-order valence-electron chi connectivity index (χ4n) is 3.52. The lowest BCUT2D eigenvalue weighted by Crippen LogP contribution is -2.34. The lowest BCUT2D eigenvalue weighted by atomic mass is 10.0. The van der Waals surface area contributed by atoms with Gasteiger partial charge in [0, 0.05) is 18.8 Å². The first-order valence-corrected chi connectivity index (χ1v) is 11.8. The van der Waals surface area contributed by atoms with Gasteiger partial charge in [-0.05, 0) is 42.9 Å². The molecule has 6 nitrogen and oxygen atoms in total. The Hall–Kier alpha value is -2.19. The number of hydrogen-bond donors (Lipinski definition) is 1. The lowest BCUT2D eigenvalue weighted by molar-refractivity contribution is -0.113. The van der Waals surface area contributed by atoms with E-state index in [1.54, 1.807) is 11.3 Å². The average Bonchev–Trinajstić information content (AvgIpc) is 3.17. The van der Waals surface area contributed by atoms with Gasteiger partial charge in [0.05, 0.1) is 5.75 Å². The molecule has 8 heteroatoms. The molecule has 1 amide bonds. The zero-order chi connectivity index (χ0) is 20.2. The number of nitrogens with zero attached hydrogens (tertiary/aromatic N) is 4. The molecule has 152 valence electrons. The van der Waals surface area contributed by atoms with E-state index in [0.717, 1.165) is 45.7 Å². The van der Waals surface area contributed by atoms with Crippen molar-refractivity contribution < 1.29 is 4.79 Å². The second-order valence-electron chi connectivity index (χ2n) is 7.41. The molecule has 3 heterocycles. The lowest BCUT2D eigenvalue weighted by Gasteiger charge is -2.30. The Bertz CT molecular complexity index is 1010. The van der Waals surface area contributed by atoms with Crippen molar-refractivity contribution in [2.24, 2.45) is 5.92 Å². The highest BCUT2D eigenvalue weighted by atomic mass is 32.2. The Labute approximate surface area is 179 Å². The third kappa shape index (κ3) is 4.87. The average molecular weight is 428 g/mol. The van der Waals surface area contributed by atoms with Crippen molar-refractivity contribution in [2.45, 2.75) is 38.1 Å². The predicted octanol–water partition coefficient (Wildman–Crippen LogP) is 4.62. The molecule has 1 fully saturated rings. The van der Waals surface area contributed by atoms with E-state index in [1.807, 2.05) is 18.2 Å². The minimum Gasteiger partial charge on any atom is -0.348 e. The molecule has 0 spiro atoms. The first kappa shape index (κ1) is 20.1. The Kier molecular flexibility index (Phi) is 6.30. The fourth-order valence-corrected chi connectivity index (χ4v) is 5.45. The topological polar surface area (TPSA) is 71.0 Å². The first-order valence-electron chi connectivity index (χ1n) is 10.0. The molecule has 1 aromatic carbocycles. The number of carbonyl (C=O) groups excluding carboxylic acids is 1. The zero-order valence-corrected chi connectivity index (χ0v) is 18.4. The number of fused-ring (bicyclic) bond motifs is 1. The molecule has 2 aromatic heterocycles. The minimum absolute atomic E-state index is 0.0374. The molecule has 0 bridgehead atoms. The van der Waals surface area contributed by atoms with Crippen LogP contribution in [0.3, 0.4) is 0 Å². The molecule has 1 N–H and O–H groups in total. The summed E-state index contributed by atoms with van der Waals surface area (Å²) in [6.45, 7) is 6.47. The summed E-state index contributed by atoms with van der Waals surface area (Å²) in [5.41, 5.74) is 2.76. The largest absolute Gasteiger partial charge is 0.348 e. The summed E-state index contributed by atoms with van der Waals surface area (Å²) in [5.74, 6) is 0.950. The molecule has 0 saturated carbocycles. The Morgan fingerprint density at radius 1 is 1.38 bits per heavy atom. The normalized spacial score (nSPS) is 16.9. The molecular weight excluding hydrogens is 402 g/mol. The SMILES string of the molecule is CCc1cccc(NC(=O)CSc2ncnc3nc(N4CCC[C@@H](C)C4)sc23)c1. The van der Waals surface area contributed by atoms with Crippen LogP contribution in [0.1, 0.15) is 32.3 Å². The number of benzene rings is 1. The Morgan fingerprint density at radius 3 is 3.10 bits per heavy atom. The Morgan fingerprint density at radius 2 is 2.28 bits per heavy atom. The van der Waals surface area contributed by atoms with Crippen LogP contribution in [0, 0.1) is 5.92 Å². The molecule has 4 rings (SSSR count). The summed E-state index contributed by atoms with van der Waals surface area (Å²) >= 11 is 3.07. The van der Waals surface area contributed by atoms with Crippen LogP contribution in [-0.4, -0.2) is 39.7 Å². The molecule has 0 aliphatic carbocycles. The van der Waals surface area contributed by atoms with Crippen molar-refractivity contribution in [2.75, 3.05) is 29.1 Å². The fraction of sp³-hybridized carbons (Fsp3) is 0.429. The van der Waals surface area contributed by atoms with Crippen LogP contribution in [0.25, 0.3) is 10.3 Å². The smallest absolute Gasteiger partial charge is 0.234 e. The molecule has 29 heavy (non-hydrogen) atoms. The molecule has 1 aliphatic heterocycles. The van der Waals surface area contributed by atoms with Gasteiger partial charge in [0.15, 0.2) is 10.8 Å². The van der Waals surface area contributed by atoms with Gasteiger partial charge >= 0.3 is 0 Å². The van der Waals surface area contributed by atoms with E-state index >= 15 is 0 Å². The van der Waals surface area contributed by atoms with Crippen LogP contribution >= 0.6 is 23.1 Å². The summed E-state index contributed by atoms with van der Waals surface area (Å²) in [6.07, 6.45) is 4.96. The van der Waals surface area contributed by atoms with Crippen LogP contribution in [0.15, 0.2) is 35.6 Å². The van der Waals surface area contributed by atoms with Gasteiger partial charge in [-0.25, -0.2) is 9.97 Å². The summed E-state index contributed by atoms with van der Waals surface area (Å²) in [4.78, 5) is 28.2. The third-order valence-corrected chi connectivity index (χ3v) is 7.26. The number of thioether (sulfide) groups is 1. The molecule has 0 radical (unpaired) electrons. The van der Waals surface area contributed by atoms with Crippen molar-refractivity contribution in [3.8, 4) is 0 Å². The van der Waals surface area contributed by atoms with Crippen molar-refractivity contribution in [3.05, 3.63) is 36.2 Å². The monoisotopic (exact) mass is 427 g/mol. The predicted molar refractivity (Wildman–Crippen MR) is 121 cm³/mol. The number of carbonyl (C=O) groups is 1. The van der Waals surface area contributed by atoms with E-state index in [9.17, 15) is 4.79 Å². The van der Waals surface area contributed by atoms with Crippen LogP contribution in [0.4, 0.5) is 10.8 Å². The molecular formula is C21H25N5OS2. The van der Waals surface area contributed by atoms with E-state index < -0.39 is 0 Å². The molecule has 1 atom stereocenters. The number of aryl methyl sites for hydroxylation is 1. The highest BCUT2D eigenvalue weighted by Gasteiger charge is 2.21. The van der Waals surface area contributed by atoms with Crippen molar-refractivity contribution in [1.82, 2.24) is 15.0 Å². The van der Waals surface area contributed by atoms with E-state index in [0.29, 0.717) is 11.7 Å². The quantitative estimate of drug-likeness (QED) is 0.457. The summed E-state index contributed by atoms with van der Waals surface area (Å²) in [5, 5.41) is 4.80. The summed E-state index contributed by atoms with van der Waals surface area (Å²) in [6, 6.07) is 7.96. The highest BCUT2D eigenvalue weighted by Crippen LogP contribution is 2.35. The van der Waals surface area contributed by atoms with Crippen LogP contribution in [0.2, 0.25) is 0 Å².